The summed E-state index contributed by atoms with van der Waals surface area (Å²) >= 11 is 0. The van der Waals surface area contributed by atoms with Gasteiger partial charge in [-0.3, -0.25) is 0 Å². The van der Waals surface area contributed by atoms with Crippen molar-refractivity contribution in [1.82, 2.24) is 0 Å². The Labute approximate surface area is 323 Å². The van der Waals surface area contributed by atoms with Gasteiger partial charge in [0.1, 0.15) is 11.5 Å². The molecule has 0 aromatic heterocycles. The van der Waals surface area contributed by atoms with Crippen LogP contribution in [0.3, 0.4) is 0 Å². The molecule has 0 saturated carbocycles. The molecule has 0 atom stereocenters. The van der Waals surface area contributed by atoms with E-state index in [9.17, 15) is 0 Å². The highest BCUT2D eigenvalue weighted by Crippen LogP contribution is 2.40. The third kappa shape index (κ3) is 5.47. The molecule has 262 valence electrons. The molecule has 0 spiro atoms. The highest BCUT2D eigenvalue weighted by atomic mass is 28.3. The summed E-state index contributed by atoms with van der Waals surface area (Å²) in [5, 5.41) is 10.1. The first kappa shape index (κ1) is 32.9. The largest absolute Gasteiger partial charge is 0.458 e. The Morgan fingerprint density at radius 2 is 0.982 bits per heavy atom. The second-order valence-electron chi connectivity index (χ2n) is 14.7. The van der Waals surface area contributed by atoms with E-state index in [4.69, 9.17) is 4.74 Å². The molecular formula is C52H39NOSi. The van der Waals surface area contributed by atoms with E-state index in [0.717, 1.165) is 28.6 Å². The van der Waals surface area contributed by atoms with Crippen LogP contribution in [0.15, 0.2) is 200 Å². The Balaban J connectivity index is 1.22. The first-order valence-electron chi connectivity index (χ1n) is 19.0. The van der Waals surface area contributed by atoms with Gasteiger partial charge in [0.2, 0.25) is 0 Å². The van der Waals surface area contributed by atoms with E-state index < -0.39 is 8.07 Å². The van der Waals surface area contributed by atoms with Gasteiger partial charge in [-0.25, -0.2) is 0 Å². The molecule has 2 nitrogen and oxygen atoms in total. The molecule has 0 fully saturated rings. The first-order valence-corrected chi connectivity index (χ1v) is 21.0. The molecule has 1 heterocycles. The number of hydrogen-bond donors (Lipinski definition) is 0. The Bertz CT molecular complexity index is 2820. The van der Waals surface area contributed by atoms with Crippen LogP contribution in [0.1, 0.15) is 11.1 Å². The molecular weight excluding hydrogens is 683 g/mol. The molecule has 10 rings (SSSR count). The van der Waals surface area contributed by atoms with Crippen molar-refractivity contribution in [2.45, 2.75) is 13.8 Å². The molecule has 9 aromatic rings. The molecule has 0 aliphatic carbocycles. The molecule has 3 heteroatoms. The number of ether oxygens (including phenoxy) is 1. The van der Waals surface area contributed by atoms with Crippen molar-refractivity contribution in [3.05, 3.63) is 211 Å². The maximum Gasteiger partial charge on any atom is 0.188 e. The van der Waals surface area contributed by atoms with Gasteiger partial charge in [0, 0.05) is 16.8 Å². The van der Waals surface area contributed by atoms with E-state index in [1.54, 1.807) is 0 Å². The summed E-state index contributed by atoms with van der Waals surface area (Å²) in [6.07, 6.45) is 0. The summed E-state index contributed by atoms with van der Waals surface area (Å²) in [5.74, 6) is 1.91. The lowest BCUT2D eigenvalue weighted by molar-refractivity contribution is 0.486. The average Bonchev–Trinajstić information content (AvgIpc) is 3.23. The van der Waals surface area contributed by atoms with Gasteiger partial charge in [-0.1, -0.05) is 158 Å². The molecule has 0 unspecified atom stereocenters. The predicted molar refractivity (Wildman–Crippen MR) is 235 cm³/mol. The van der Waals surface area contributed by atoms with Crippen LogP contribution in [0.4, 0.5) is 17.1 Å². The smallest absolute Gasteiger partial charge is 0.188 e. The van der Waals surface area contributed by atoms with E-state index in [-0.39, 0.29) is 0 Å². The Morgan fingerprint density at radius 3 is 1.69 bits per heavy atom. The van der Waals surface area contributed by atoms with Gasteiger partial charge in [0.25, 0.3) is 0 Å². The van der Waals surface area contributed by atoms with Gasteiger partial charge in [-0.05, 0) is 115 Å². The van der Waals surface area contributed by atoms with Crippen molar-refractivity contribution in [1.29, 1.82) is 0 Å². The topological polar surface area (TPSA) is 12.5 Å². The molecule has 1 aliphatic rings. The van der Waals surface area contributed by atoms with Crippen LogP contribution in [0, 0.1) is 13.8 Å². The Hall–Kier alpha value is -6.68. The van der Waals surface area contributed by atoms with Gasteiger partial charge in [-0.2, -0.15) is 0 Å². The summed E-state index contributed by atoms with van der Waals surface area (Å²) in [5.41, 5.74) is 8.17. The molecule has 9 aromatic carbocycles. The van der Waals surface area contributed by atoms with E-state index >= 15 is 0 Å². The second kappa shape index (κ2) is 13.3. The van der Waals surface area contributed by atoms with Crippen molar-refractivity contribution in [3.8, 4) is 22.6 Å². The minimum atomic E-state index is -2.89. The van der Waals surface area contributed by atoms with Crippen LogP contribution < -0.4 is 30.4 Å². The summed E-state index contributed by atoms with van der Waals surface area (Å²) in [6, 6.07) is 73.7. The number of nitrogens with zero attached hydrogens (tertiary/aromatic N) is 1. The maximum absolute atomic E-state index is 6.80. The average molecular weight is 722 g/mol. The normalized spacial score (nSPS) is 12.8. The highest BCUT2D eigenvalue weighted by molar-refractivity contribution is 7.20. The van der Waals surface area contributed by atoms with Crippen LogP contribution in [-0.2, 0) is 0 Å². The van der Waals surface area contributed by atoms with Gasteiger partial charge in [0.05, 0.1) is 5.69 Å². The number of fused-ring (bicyclic) bond motifs is 4. The summed E-state index contributed by atoms with van der Waals surface area (Å²) in [7, 11) is -2.89. The summed E-state index contributed by atoms with van der Waals surface area (Å²) in [6.45, 7) is 4.30. The zero-order valence-corrected chi connectivity index (χ0v) is 31.9. The van der Waals surface area contributed by atoms with Crippen LogP contribution in [0.5, 0.6) is 11.5 Å². The van der Waals surface area contributed by atoms with Gasteiger partial charge < -0.3 is 9.64 Å². The fraction of sp³-hybridized carbons (Fsp3) is 0.0385. The highest BCUT2D eigenvalue weighted by Gasteiger charge is 2.48. The molecule has 0 bridgehead atoms. The van der Waals surface area contributed by atoms with E-state index in [0.29, 0.717) is 0 Å². The number of aryl methyl sites for hydroxylation is 2. The lowest BCUT2D eigenvalue weighted by atomic mass is 9.98. The van der Waals surface area contributed by atoms with Crippen molar-refractivity contribution in [2.75, 3.05) is 4.90 Å². The van der Waals surface area contributed by atoms with Gasteiger partial charge in [0.15, 0.2) is 8.07 Å². The van der Waals surface area contributed by atoms with Crippen molar-refractivity contribution >= 4 is 67.4 Å². The third-order valence-corrected chi connectivity index (χ3v) is 16.1. The molecule has 0 radical (unpaired) electrons. The second-order valence-corrected chi connectivity index (χ2v) is 18.4. The quantitative estimate of drug-likeness (QED) is 0.159. The Kier molecular flexibility index (Phi) is 7.97. The molecule has 0 saturated heterocycles. The first-order chi connectivity index (χ1) is 27.1. The fourth-order valence-corrected chi connectivity index (χ4v) is 13.7. The van der Waals surface area contributed by atoms with E-state index in [2.05, 4.69) is 219 Å². The van der Waals surface area contributed by atoms with Gasteiger partial charge in [-0.15, -0.1) is 0 Å². The van der Waals surface area contributed by atoms with Crippen molar-refractivity contribution in [3.63, 3.8) is 0 Å². The monoisotopic (exact) mass is 721 g/mol. The van der Waals surface area contributed by atoms with Crippen LogP contribution in [0.2, 0.25) is 0 Å². The van der Waals surface area contributed by atoms with Crippen molar-refractivity contribution in [2.24, 2.45) is 0 Å². The number of anilines is 3. The standard InChI is InChI=1S/C52H39NOSi/c1-36-25-31-51-49(33-36)54-50-34-37(2)26-32-52(50)55(51,43-18-4-3-5-19-43)44-20-12-17-42(35-44)53(48-24-11-16-39-14-7-9-22-47(39)48)41-29-27-40(28-30-41)46-23-10-15-38-13-6-8-21-45(38)46/h3-35H,1-2H3. The van der Waals surface area contributed by atoms with Crippen LogP contribution in [0.25, 0.3) is 32.7 Å². The van der Waals surface area contributed by atoms with Crippen molar-refractivity contribution < 1.29 is 4.74 Å². The SMILES string of the molecule is Cc1ccc2c(c1)Oc1cc(C)ccc1[Si]2(c1ccccc1)c1cccc(N(c2ccc(-c3cccc4ccccc34)cc2)c2cccc3ccccc23)c1. The fourth-order valence-electron chi connectivity index (χ4n) is 8.76. The maximum atomic E-state index is 6.80. The minimum absolute atomic E-state index is 0.953. The summed E-state index contributed by atoms with van der Waals surface area (Å²) < 4.78 is 6.80. The lowest BCUT2D eigenvalue weighted by Gasteiger charge is -2.40. The van der Waals surface area contributed by atoms with Crippen LogP contribution >= 0.6 is 0 Å². The zero-order valence-electron chi connectivity index (χ0n) is 30.9. The molecule has 0 amide bonds. The number of rotatable bonds is 6. The number of hydrogen-bond acceptors (Lipinski definition) is 2. The van der Waals surface area contributed by atoms with E-state index in [1.165, 1.54) is 64.5 Å². The minimum Gasteiger partial charge on any atom is -0.458 e. The summed E-state index contributed by atoms with van der Waals surface area (Å²) in [4.78, 5) is 2.44. The Morgan fingerprint density at radius 1 is 0.418 bits per heavy atom. The molecule has 1 aliphatic heterocycles. The number of benzene rings is 9. The zero-order chi connectivity index (χ0) is 36.9. The van der Waals surface area contributed by atoms with E-state index in [1.807, 2.05) is 0 Å². The molecule has 0 N–H and O–H groups in total. The molecule has 55 heavy (non-hydrogen) atoms. The van der Waals surface area contributed by atoms with Gasteiger partial charge >= 0.3 is 0 Å². The van der Waals surface area contributed by atoms with Crippen LogP contribution in [-0.4, -0.2) is 8.07 Å². The predicted octanol–water partition coefficient (Wildman–Crippen LogP) is 11.2. The lowest BCUT2D eigenvalue weighted by Crippen LogP contribution is -2.76. The third-order valence-electron chi connectivity index (χ3n) is 11.3.